The maximum atomic E-state index is 10.7. The number of hydrogen-bond acceptors (Lipinski definition) is 10. The van der Waals surface area contributed by atoms with Crippen LogP contribution in [0.3, 0.4) is 0 Å². The first-order valence-electron chi connectivity index (χ1n) is 6.61. The summed E-state index contributed by atoms with van der Waals surface area (Å²) in [7, 11) is -19.8. The minimum atomic E-state index is -4.96. The largest absolute Gasteiger partial charge is 0.470 e. The van der Waals surface area contributed by atoms with Gasteiger partial charge in [-0.2, -0.15) is 0 Å². The van der Waals surface area contributed by atoms with Crippen LogP contribution in [0.4, 0.5) is 0 Å². The highest BCUT2D eigenvalue weighted by Crippen LogP contribution is 2.39. The van der Waals surface area contributed by atoms with E-state index in [4.69, 9.17) is 39.1 Å². The first-order valence-corrected chi connectivity index (χ1v) is 12.7. The van der Waals surface area contributed by atoms with Gasteiger partial charge in [0.25, 0.3) is 0 Å². The van der Waals surface area contributed by atoms with Crippen LogP contribution in [0.1, 0.15) is 0 Å². The van der Waals surface area contributed by atoms with Gasteiger partial charge >= 0.3 is 31.3 Å². The van der Waals surface area contributed by atoms with Gasteiger partial charge in [-0.05, 0) is 0 Å². The van der Waals surface area contributed by atoms with Crippen LogP contribution < -0.4 is 0 Å². The molecular weight excluding hydrogens is 480 g/mol. The second-order valence-electron chi connectivity index (χ2n) is 4.78. The van der Waals surface area contributed by atoms with E-state index in [9.17, 15) is 18.3 Å². The third-order valence-electron chi connectivity index (χ3n) is 2.37. The molecular formula is C6H20N2O16P4. The van der Waals surface area contributed by atoms with Gasteiger partial charge in [-0.1, -0.05) is 0 Å². The topological polar surface area (TPSA) is 274 Å². The van der Waals surface area contributed by atoms with Gasteiger partial charge < -0.3 is 39.1 Å². The average Bonchev–Trinajstić information content (AvgIpc) is 2.44. The molecule has 28 heavy (non-hydrogen) atoms. The molecule has 0 aromatic carbocycles. The summed E-state index contributed by atoms with van der Waals surface area (Å²) in [5, 5.41) is 0. The Labute approximate surface area is 157 Å². The van der Waals surface area contributed by atoms with Gasteiger partial charge in [0.15, 0.2) is 0 Å². The molecule has 0 aliphatic carbocycles. The summed E-state index contributed by atoms with van der Waals surface area (Å²) in [5.41, 5.74) is 0. The Bertz CT molecular complexity index is 540. The molecule has 0 saturated heterocycles. The van der Waals surface area contributed by atoms with Gasteiger partial charge in [-0.15, -0.1) is 0 Å². The molecule has 0 rings (SSSR count). The summed E-state index contributed by atoms with van der Waals surface area (Å²) < 4.78 is 59.5. The SMILES string of the molecule is O=P(O)(O)OCN(CCN(COP(=O)(O)O)COP(=O)(O)O)COP(=O)(O)O. The fourth-order valence-electron chi connectivity index (χ4n) is 1.24. The molecule has 0 radical (unpaired) electrons. The lowest BCUT2D eigenvalue weighted by molar-refractivity contribution is -0.00867. The van der Waals surface area contributed by atoms with E-state index in [1.807, 2.05) is 0 Å². The van der Waals surface area contributed by atoms with Gasteiger partial charge in [0.1, 0.15) is 26.9 Å². The molecule has 0 aromatic rings. The molecule has 0 aliphatic rings. The van der Waals surface area contributed by atoms with Crippen molar-refractivity contribution in [1.82, 2.24) is 9.80 Å². The van der Waals surface area contributed by atoms with Gasteiger partial charge in [-0.3, -0.25) is 27.9 Å². The second kappa shape index (κ2) is 11.7. The van der Waals surface area contributed by atoms with Crippen LogP contribution in [0.5, 0.6) is 0 Å². The lowest BCUT2D eigenvalue weighted by Crippen LogP contribution is -2.38. The number of hydrogen-bond donors (Lipinski definition) is 8. The quantitative estimate of drug-likeness (QED) is 0.0879. The lowest BCUT2D eigenvalue weighted by Gasteiger charge is -2.27. The van der Waals surface area contributed by atoms with E-state index in [1.165, 1.54) is 0 Å². The predicted octanol–water partition coefficient (Wildman–Crippen LogP) is -2.14. The smallest absolute Gasteiger partial charge is 0.303 e. The van der Waals surface area contributed by atoms with Gasteiger partial charge in [0.05, 0.1) is 0 Å². The predicted molar refractivity (Wildman–Crippen MR) is 85.4 cm³/mol. The van der Waals surface area contributed by atoms with E-state index in [0.29, 0.717) is 0 Å². The third kappa shape index (κ3) is 19.7. The Morgan fingerprint density at radius 1 is 0.464 bits per heavy atom. The Hall–Kier alpha value is 0.360. The molecule has 0 aliphatic heterocycles. The first-order chi connectivity index (χ1) is 12.4. The zero-order chi connectivity index (χ0) is 22.2. The minimum absolute atomic E-state index is 0.394. The molecule has 0 spiro atoms. The third-order valence-corrected chi connectivity index (χ3v) is 4.17. The van der Waals surface area contributed by atoms with Crippen molar-refractivity contribution in [3.05, 3.63) is 0 Å². The monoisotopic (exact) mass is 500 g/mol. The average molecular weight is 500 g/mol. The Morgan fingerprint density at radius 3 is 0.786 bits per heavy atom. The Balaban J connectivity index is 4.95. The Morgan fingerprint density at radius 2 is 0.643 bits per heavy atom. The summed E-state index contributed by atoms with van der Waals surface area (Å²) in [6, 6.07) is 0. The summed E-state index contributed by atoms with van der Waals surface area (Å²) in [6.07, 6.45) is 0. The number of nitrogens with zero attached hydrogens (tertiary/aromatic N) is 2. The van der Waals surface area contributed by atoms with Crippen molar-refractivity contribution in [2.24, 2.45) is 0 Å². The summed E-state index contributed by atoms with van der Waals surface area (Å²) in [5.74, 6) is 0. The molecule has 8 N–H and O–H groups in total. The summed E-state index contributed by atoms with van der Waals surface area (Å²) in [4.78, 5) is 70.9. The number of rotatable bonds is 15. The fourth-order valence-corrected chi connectivity index (χ4v) is 2.50. The van der Waals surface area contributed by atoms with Crippen molar-refractivity contribution in [3.8, 4) is 0 Å². The molecule has 0 amide bonds. The molecule has 22 heteroatoms. The molecule has 0 aromatic heterocycles. The first kappa shape index (κ1) is 28.4. The van der Waals surface area contributed by atoms with E-state index in [2.05, 4.69) is 18.1 Å². The lowest BCUT2D eigenvalue weighted by atomic mass is 10.5. The van der Waals surface area contributed by atoms with Crippen LogP contribution >= 0.6 is 31.3 Å². The zero-order valence-electron chi connectivity index (χ0n) is 13.8. The van der Waals surface area contributed by atoms with Crippen LogP contribution in [0, 0.1) is 0 Å². The maximum Gasteiger partial charge on any atom is 0.470 e. The minimum Gasteiger partial charge on any atom is -0.303 e. The normalized spacial score (nSPS) is 14.2. The van der Waals surface area contributed by atoms with Crippen molar-refractivity contribution >= 4 is 31.3 Å². The number of phosphoric ester groups is 4. The van der Waals surface area contributed by atoms with Gasteiger partial charge in [0, 0.05) is 13.1 Å². The standard InChI is InChI=1S/C6H20N2O16P4/c9-25(10,11)21-3-7(4-22-26(12,13)14)1-2-8(5-23-27(15,16)17)6-24-28(18,19)20/h1-6H2,(H2,9,10,11)(H2,12,13,14)(H2,15,16,17)(H2,18,19,20). The van der Waals surface area contributed by atoms with Crippen molar-refractivity contribution in [2.45, 2.75) is 0 Å². The van der Waals surface area contributed by atoms with Crippen LogP contribution in [0.25, 0.3) is 0 Å². The van der Waals surface area contributed by atoms with E-state index >= 15 is 0 Å². The highest BCUT2D eigenvalue weighted by atomic mass is 31.2. The van der Waals surface area contributed by atoms with Crippen LogP contribution in [0.15, 0.2) is 0 Å². The zero-order valence-corrected chi connectivity index (χ0v) is 17.3. The molecule has 0 atom stereocenters. The fraction of sp³-hybridized carbons (Fsp3) is 1.00. The highest BCUT2D eigenvalue weighted by Gasteiger charge is 2.23. The van der Waals surface area contributed by atoms with E-state index in [0.717, 1.165) is 9.80 Å². The van der Waals surface area contributed by atoms with Gasteiger partial charge in [-0.25, -0.2) is 18.3 Å². The van der Waals surface area contributed by atoms with Crippen LogP contribution in [0.2, 0.25) is 0 Å². The molecule has 0 fully saturated rings. The highest BCUT2D eigenvalue weighted by molar-refractivity contribution is 7.47. The van der Waals surface area contributed by atoms with Gasteiger partial charge in [0.2, 0.25) is 0 Å². The molecule has 170 valence electrons. The molecule has 0 bridgehead atoms. The number of phosphoric acid groups is 4. The van der Waals surface area contributed by atoms with Crippen LogP contribution in [-0.4, -0.2) is 89.0 Å². The molecule has 0 unspecified atom stereocenters. The molecule has 0 heterocycles. The van der Waals surface area contributed by atoms with E-state index in [1.54, 1.807) is 0 Å². The summed E-state index contributed by atoms with van der Waals surface area (Å²) >= 11 is 0. The van der Waals surface area contributed by atoms with Crippen molar-refractivity contribution in [1.29, 1.82) is 0 Å². The molecule has 0 saturated carbocycles. The van der Waals surface area contributed by atoms with E-state index in [-0.39, 0.29) is 0 Å². The van der Waals surface area contributed by atoms with Crippen LogP contribution in [-0.2, 0) is 36.4 Å². The summed E-state index contributed by atoms with van der Waals surface area (Å²) in [6.45, 7) is -4.36. The van der Waals surface area contributed by atoms with Crippen molar-refractivity contribution < 1.29 is 75.5 Å². The maximum absolute atomic E-state index is 10.7. The Kier molecular flexibility index (Phi) is 11.8. The van der Waals surface area contributed by atoms with Crippen molar-refractivity contribution in [3.63, 3.8) is 0 Å². The van der Waals surface area contributed by atoms with E-state index < -0.39 is 71.3 Å². The van der Waals surface area contributed by atoms with Crippen molar-refractivity contribution in [2.75, 3.05) is 40.0 Å². The molecule has 18 nitrogen and oxygen atoms in total. The second-order valence-corrected chi connectivity index (χ2v) is 9.74.